The summed E-state index contributed by atoms with van der Waals surface area (Å²) in [6.45, 7) is 0. The van der Waals surface area contributed by atoms with Crippen LogP contribution in [0.3, 0.4) is 0 Å². The highest BCUT2D eigenvalue weighted by atomic mass is 32.1. The number of rotatable bonds is 3. The molecule has 2 nitrogen and oxygen atoms in total. The minimum Gasteiger partial charge on any atom is -0.496 e. The Hall–Kier alpha value is -0.740. The summed E-state index contributed by atoms with van der Waals surface area (Å²) in [7, 11) is 3.30. The van der Waals surface area contributed by atoms with Gasteiger partial charge in [0.25, 0.3) is 0 Å². The quantitative estimate of drug-likeness (QED) is 0.576. The van der Waals surface area contributed by atoms with Crippen LogP contribution in [0.1, 0.15) is 10.9 Å². The fraction of sp³-hybridized carbons (Fsp3) is 0.333. The lowest BCUT2D eigenvalue weighted by atomic mass is 10.2. The lowest BCUT2D eigenvalue weighted by Gasteiger charge is -2.13. The third-order valence-electron chi connectivity index (χ3n) is 1.76. The topological polar surface area (TPSA) is 21.3 Å². The van der Waals surface area contributed by atoms with Crippen molar-refractivity contribution < 1.29 is 9.13 Å². The number of hydrogen-bond donors (Lipinski definition) is 2. The van der Waals surface area contributed by atoms with Gasteiger partial charge < -0.3 is 10.1 Å². The summed E-state index contributed by atoms with van der Waals surface area (Å²) < 4.78 is 17.9. The van der Waals surface area contributed by atoms with Crippen molar-refractivity contribution in [2.24, 2.45) is 0 Å². The van der Waals surface area contributed by atoms with Crippen LogP contribution in [-0.4, -0.2) is 14.2 Å². The molecule has 0 heterocycles. The van der Waals surface area contributed by atoms with Crippen LogP contribution >= 0.6 is 12.6 Å². The standard InChI is InChI=1S/C9H12FNOS/c1-11-9(13)7-5-6(10)3-4-8(7)12-2/h3-5,9,11,13H,1-2H3. The fourth-order valence-corrected chi connectivity index (χ4v) is 1.28. The number of nitrogens with one attached hydrogen (secondary N) is 1. The summed E-state index contributed by atoms with van der Waals surface area (Å²) in [5.74, 6) is 0.348. The molecule has 1 unspecified atom stereocenters. The van der Waals surface area contributed by atoms with Gasteiger partial charge in [0.15, 0.2) is 0 Å². The Kier molecular flexibility index (Phi) is 3.57. The van der Waals surface area contributed by atoms with E-state index in [9.17, 15) is 4.39 Å². The van der Waals surface area contributed by atoms with Gasteiger partial charge in [0.2, 0.25) is 0 Å². The van der Waals surface area contributed by atoms with Crippen LogP contribution in [0.2, 0.25) is 0 Å². The highest BCUT2D eigenvalue weighted by molar-refractivity contribution is 7.80. The maximum absolute atomic E-state index is 12.9. The van der Waals surface area contributed by atoms with Gasteiger partial charge in [0.1, 0.15) is 11.6 Å². The van der Waals surface area contributed by atoms with E-state index in [2.05, 4.69) is 17.9 Å². The van der Waals surface area contributed by atoms with E-state index in [0.29, 0.717) is 11.3 Å². The summed E-state index contributed by atoms with van der Waals surface area (Å²) in [6, 6.07) is 4.36. The second kappa shape index (κ2) is 4.48. The van der Waals surface area contributed by atoms with Crippen molar-refractivity contribution in [2.75, 3.05) is 14.2 Å². The average Bonchev–Trinajstić information content (AvgIpc) is 2.16. The molecule has 1 aromatic rings. The molecule has 1 atom stereocenters. The van der Waals surface area contributed by atoms with Gasteiger partial charge in [-0.3, -0.25) is 0 Å². The maximum atomic E-state index is 12.9. The van der Waals surface area contributed by atoms with Crippen LogP contribution in [0.15, 0.2) is 18.2 Å². The molecular formula is C9H12FNOS. The summed E-state index contributed by atoms with van der Waals surface area (Å²) >= 11 is 4.23. The van der Waals surface area contributed by atoms with Crippen LogP contribution < -0.4 is 10.1 Å². The van der Waals surface area contributed by atoms with Gasteiger partial charge in [-0.25, -0.2) is 4.39 Å². The van der Waals surface area contributed by atoms with E-state index in [4.69, 9.17) is 4.74 Å². The summed E-state index contributed by atoms with van der Waals surface area (Å²) in [5, 5.41) is 2.68. The van der Waals surface area contributed by atoms with Crippen LogP contribution in [0.25, 0.3) is 0 Å². The molecule has 4 heteroatoms. The lowest BCUT2D eigenvalue weighted by molar-refractivity contribution is 0.406. The number of ether oxygens (including phenoxy) is 1. The molecule has 72 valence electrons. The normalized spacial score (nSPS) is 12.6. The smallest absolute Gasteiger partial charge is 0.124 e. The fourth-order valence-electron chi connectivity index (χ4n) is 1.07. The highest BCUT2D eigenvalue weighted by Crippen LogP contribution is 2.27. The number of benzene rings is 1. The Bertz CT molecular complexity index is 293. The molecule has 0 aromatic heterocycles. The molecule has 0 bridgehead atoms. The van der Waals surface area contributed by atoms with Crippen LogP contribution in [0.4, 0.5) is 4.39 Å². The SMILES string of the molecule is CNC(S)c1cc(F)ccc1OC. The molecule has 0 amide bonds. The predicted molar refractivity (Wildman–Crippen MR) is 53.7 cm³/mol. The first-order valence-corrected chi connectivity index (χ1v) is 4.39. The van der Waals surface area contributed by atoms with Crippen molar-refractivity contribution in [1.82, 2.24) is 5.32 Å². The highest BCUT2D eigenvalue weighted by Gasteiger charge is 2.10. The third-order valence-corrected chi connectivity index (χ3v) is 2.30. The predicted octanol–water partition coefficient (Wildman–Crippen LogP) is 1.98. The van der Waals surface area contributed by atoms with Crippen molar-refractivity contribution in [3.63, 3.8) is 0 Å². The first-order chi connectivity index (χ1) is 6.19. The lowest BCUT2D eigenvalue weighted by Crippen LogP contribution is -2.11. The number of hydrogen-bond acceptors (Lipinski definition) is 3. The Morgan fingerprint density at radius 1 is 1.54 bits per heavy atom. The second-order valence-corrected chi connectivity index (χ2v) is 3.09. The minimum atomic E-state index is -0.287. The van der Waals surface area contributed by atoms with Crippen molar-refractivity contribution in [3.05, 3.63) is 29.6 Å². The summed E-state index contributed by atoms with van der Waals surface area (Å²) in [6.07, 6.45) is 0. The molecule has 0 saturated heterocycles. The molecule has 1 rings (SSSR count). The molecule has 0 spiro atoms. The molecule has 1 N–H and O–H groups in total. The van der Waals surface area contributed by atoms with Gasteiger partial charge >= 0.3 is 0 Å². The average molecular weight is 201 g/mol. The molecule has 0 saturated carbocycles. The van der Waals surface area contributed by atoms with E-state index in [1.165, 1.54) is 12.1 Å². The maximum Gasteiger partial charge on any atom is 0.124 e. The van der Waals surface area contributed by atoms with Gasteiger partial charge in [-0.2, -0.15) is 12.6 Å². The van der Waals surface area contributed by atoms with Crippen LogP contribution in [0.5, 0.6) is 5.75 Å². The Labute approximate surface area is 82.5 Å². The molecule has 13 heavy (non-hydrogen) atoms. The second-order valence-electron chi connectivity index (χ2n) is 2.58. The molecule has 0 aliphatic heterocycles. The van der Waals surface area contributed by atoms with Gasteiger partial charge in [0, 0.05) is 5.56 Å². The largest absolute Gasteiger partial charge is 0.496 e. The van der Waals surface area contributed by atoms with Crippen molar-refractivity contribution >= 4 is 12.6 Å². The Morgan fingerprint density at radius 2 is 2.23 bits per heavy atom. The molecule has 1 aromatic carbocycles. The van der Waals surface area contributed by atoms with Crippen molar-refractivity contribution in [1.29, 1.82) is 0 Å². The van der Waals surface area contributed by atoms with E-state index in [-0.39, 0.29) is 11.2 Å². The number of thiol groups is 1. The van der Waals surface area contributed by atoms with E-state index >= 15 is 0 Å². The van der Waals surface area contributed by atoms with E-state index in [0.717, 1.165) is 0 Å². The first-order valence-electron chi connectivity index (χ1n) is 3.87. The van der Waals surface area contributed by atoms with E-state index in [1.54, 1.807) is 20.2 Å². The van der Waals surface area contributed by atoms with Gasteiger partial charge in [-0.1, -0.05) is 0 Å². The van der Waals surface area contributed by atoms with Crippen LogP contribution in [0, 0.1) is 5.82 Å². The number of halogens is 1. The zero-order valence-corrected chi connectivity index (χ0v) is 8.44. The van der Waals surface area contributed by atoms with E-state index in [1.807, 2.05) is 0 Å². The molecular weight excluding hydrogens is 189 g/mol. The van der Waals surface area contributed by atoms with E-state index < -0.39 is 0 Å². The Morgan fingerprint density at radius 3 is 2.77 bits per heavy atom. The third kappa shape index (κ3) is 2.35. The molecule has 0 aliphatic rings. The molecule has 0 radical (unpaired) electrons. The monoisotopic (exact) mass is 201 g/mol. The van der Waals surface area contributed by atoms with Crippen LogP contribution in [-0.2, 0) is 0 Å². The minimum absolute atomic E-state index is 0.217. The van der Waals surface area contributed by atoms with Crippen molar-refractivity contribution in [2.45, 2.75) is 5.37 Å². The zero-order chi connectivity index (χ0) is 9.84. The van der Waals surface area contributed by atoms with Gasteiger partial charge in [-0.15, -0.1) is 0 Å². The summed E-state index contributed by atoms with van der Waals surface area (Å²) in [4.78, 5) is 0. The number of methoxy groups -OCH3 is 1. The summed E-state index contributed by atoms with van der Waals surface area (Å²) in [5.41, 5.74) is 0.702. The van der Waals surface area contributed by atoms with Gasteiger partial charge in [-0.05, 0) is 25.2 Å². The zero-order valence-electron chi connectivity index (χ0n) is 7.54. The van der Waals surface area contributed by atoms with Crippen molar-refractivity contribution in [3.8, 4) is 5.75 Å². The first kappa shape index (κ1) is 10.3. The Balaban J connectivity index is 3.07. The van der Waals surface area contributed by atoms with Gasteiger partial charge in [0.05, 0.1) is 12.5 Å². The molecule has 0 aliphatic carbocycles. The molecule has 0 fully saturated rings.